The first kappa shape index (κ1) is 7.43. The van der Waals surface area contributed by atoms with Crippen molar-refractivity contribution in [2.45, 2.75) is 11.8 Å². The second-order valence-electron chi connectivity index (χ2n) is 2.91. The van der Waals surface area contributed by atoms with Gasteiger partial charge >= 0.3 is 0 Å². The number of thioether (sulfide) groups is 1. The van der Waals surface area contributed by atoms with Crippen LogP contribution in [0.4, 0.5) is 0 Å². The Labute approximate surface area is 69.8 Å². The fourth-order valence-electron chi connectivity index (χ4n) is 1.72. The van der Waals surface area contributed by atoms with Crippen LogP contribution >= 0.6 is 11.8 Å². The molecule has 0 aromatic rings. The van der Waals surface area contributed by atoms with Gasteiger partial charge < -0.3 is 10.0 Å². The van der Waals surface area contributed by atoms with E-state index in [0.29, 0.717) is 11.8 Å². The molecular formula is C7H11NO2S. The summed E-state index contributed by atoms with van der Waals surface area (Å²) in [6.45, 7) is 1.05. The van der Waals surface area contributed by atoms with Crippen LogP contribution in [0.15, 0.2) is 0 Å². The Bertz CT molecular complexity index is 185. The maximum absolute atomic E-state index is 11.2. The van der Waals surface area contributed by atoms with E-state index >= 15 is 0 Å². The standard InChI is InChI=1S/C7H11NO2S/c9-3-1-5-6(10)8-2-4-11-7(5)8/h5,7,9H,1-4H2. The summed E-state index contributed by atoms with van der Waals surface area (Å²) < 4.78 is 0. The number of carbonyl (C=O) groups excluding carboxylic acids is 1. The molecule has 2 rings (SSSR count). The van der Waals surface area contributed by atoms with Crippen molar-refractivity contribution in [3.8, 4) is 0 Å². The number of fused-ring (bicyclic) bond motifs is 1. The van der Waals surface area contributed by atoms with Gasteiger partial charge in [0, 0.05) is 18.9 Å². The Morgan fingerprint density at radius 2 is 2.55 bits per heavy atom. The van der Waals surface area contributed by atoms with Crippen molar-refractivity contribution < 1.29 is 9.90 Å². The molecule has 11 heavy (non-hydrogen) atoms. The molecule has 1 N–H and O–H groups in total. The van der Waals surface area contributed by atoms with Crippen LogP contribution in [-0.4, -0.2) is 40.2 Å². The fourth-order valence-corrected chi connectivity index (χ4v) is 3.13. The molecule has 0 spiro atoms. The largest absolute Gasteiger partial charge is 0.396 e. The number of rotatable bonds is 2. The second kappa shape index (κ2) is 2.68. The maximum atomic E-state index is 11.2. The maximum Gasteiger partial charge on any atom is 0.229 e. The number of β-lactam (4-membered cyclic amide) rings is 1. The highest BCUT2D eigenvalue weighted by Crippen LogP contribution is 2.41. The van der Waals surface area contributed by atoms with Crippen LogP contribution in [0.1, 0.15) is 6.42 Å². The summed E-state index contributed by atoms with van der Waals surface area (Å²) in [4.78, 5) is 13.1. The third-order valence-electron chi connectivity index (χ3n) is 2.31. The molecule has 1 amide bonds. The average molecular weight is 173 g/mol. The predicted molar refractivity (Wildman–Crippen MR) is 43.2 cm³/mol. The van der Waals surface area contributed by atoms with E-state index in [0.717, 1.165) is 12.3 Å². The third-order valence-corrected chi connectivity index (χ3v) is 3.66. The van der Waals surface area contributed by atoms with E-state index in [1.54, 1.807) is 0 Å². The van der Waals surface area contributed by atoms with E-state index in [9.17, 15) is 4.79 Å². The molecule has 3 nitrogen and oxygen atoms in total. The lowest BCUT2D eigenvalue weighted by Crippen LogP contribution is -2.56. The summed E-state index contributed by atoms with van der Waals surface area (Å²) in [5, 5.41) is 9.06. The van der Waals surface area contributed by atoms with Gasteiger partial charge in [0.25, 0.3) is 0 Å². The van der Waals surface area contributed by atoms with Gasteiger partial charge in [0.15, 0.2) is 0 Å². The van der Waals surface area contributed by atoms with Crippen LogP contribution in [0.2, 0.25) is 0 Å². The monoisotopic (exact) mass is 173 g/mol. The molecule has 0 aromatic heterocycles. The summed E-state index contributed by atoms with van der Waals surface area (Å²) in [5.41, 5.74) is 0. The number of hydrogen-bond donors (Lipinski definition) is 1. The molecule has 2 atom stereocenters. The van der Waals surface area contributed by atoms with Crippen LogP contribution in [0.25, 0.3) is 0 Å². The zero-order valence-electron chi connectivity index (χ0n) is 6.19. The number of nitrogens with zero attached hydrogens (tertiary/aromatic N) is 1. The molecule has 2 aliphatic rings. The Morgan fingerprint density at radius 3 is 3.27 bits per heavy atom. The molecule has 2 aliphatic heterocycles. The van der Waals surface area contributed by atoms with Crippen molar-refractivity contribution in [2.24, 2.45) is 5.92 Å². The van der Waals surface area contributed by atoms with Gasteiger partial charge in [-0.3, -0.25) is 4.79 Å². The predicted octanol–water partition coefficient (Wildman–Crippen LogP) is -0.0999. The number of hydrogen-bond acceptors (Lipinski definition) is 3. The Morgan fingerprint density at radius 1 is 1.73 bits per heavy atom. The van der Waals surface area contributed by atoms with E-state index < -0.39 is 0 Å². The van der Waals surface area contributed by atoms with Crippen LogP contribution in [0.5, 0.6) is 0 Å². The first-order chi connectivity index (χ1) is 5.34. The minimum atomic E-state index is 0.118. The number of amides is 1. The molecule has 0 radical (unpaired) electrons. The van der Waals surface area contributed by atoms with Gasteiger partial charge in [-0.05, 0) is 6.42 Å². The van der Waals surface area contributed by atoms with Crippen molar-refractivity contribution in [3.63, 3.8) is 0 Å². The van der Waals surface area contributed by atoms with Crippen LogP contribution < -0.4 is 0 Å². The molecule has 2 heterocycles. The van der Waals surface area contributed by atoms with Crippen LogP contribution in [-0.2, 0) is 4.79 Å². The van der Waals surface area contributed by atoms with Crippen LogP contribution in [0.3, 0.4) is 0 Å². The van der Waals surface area contributed by atoms with Crippen molar-refractivity contribution >= 4 is 17.7 Å². The van der Waals surface area contributed by atoms with E-state index in [1.807, 2.05) is 16.7 Å². The zero-order chi connectivity index (χ0) is 7.84. The highest BCUT2D eigenvalue weighted by atomic mass is 32.2. The quantitative estimate of drug-likeness (QED) is 0.593. The summed E-state index contributed by atoms with van der Waals surface area (Å²) in [7, 11) is 0. The summed E-state index contributed by atoms with van der Waals surface area (Å²) in [6, 6.07) is 0. The van der Waals surface area contributed by atoms with Crippen molar-refractivity contribution in [2.75, 3.05) is 18.9 Å². The minimum Gasteiger partial charge on any atom is -0.396 e. The van der Waals surface area contributed by atoms with Gasteiger partial charge in [-0.2, -0.15) is 0 Å². The van der Waals surface area contributed by atoms with E-state index in [2.05, 4.69) is 0 Å². The van der Waals surface area contributed by atoms with Gasteiger partial charge in [-0.15, -0.1) is 11.8 Å². The molecule has 0 bridgehead atoms. The average Bonchev–Trinajstić information content (AvgIpc) is 2.44. The van der Waals surface area contributed by atoms with Crippen molar-refractivity contribution in [3.05, 3.63) is 0 Å². The molecule has 62 valence electrons. The highest BCUT2D eigenvalue weighted by Gasteiger charge is 2.49. The molecule has 2 unspecified atom stereocenters. The first-order valence-corrected chi connectivity index (χ1v) is 4.92. The fraction of sp³-hybridized carbons (Fsp3) is 0.857. The minimum absolute atomic E-state index is 0.118. The summed E-state index contributed by atoms with van der Waals surface area (Å²) >= 11 is 1.84. The van der Waals surface area contributed by atoms with E-state index in [4.69, 9.17) is 5.11 Å². The smallest absolute Gasteiger partial charge is 0.229 e. The number of aliphatic hydroxyl groups excluding tert-OH is 1. The van der Waals surface area contributed by atoms with Crippen molar-refractivity contribution in [1.29, 1.82) is 0 Å². The molecule has 2 saturated heterocycles. The Kier molecular flexibility index (Phi) is 1.81. The molecule has 4 heteroatoms. The lowest BCUT2D eigenvalue weighted by molar-refractivity contribution is -0.149. The molecule has 0 aliphatic carbocycles. The Hall–Kier alpha value is -0.220. The molecular weight excluding hydrogens is 162 g/mol. The lowest BCUT2D eigenvalue weighted by atomic mass is 9.95. The Balaban J connectivity index is 1.98. The first-order valence-electron chi connectivity index (χ1n) is 3.87. The zero-order valence-corrected chi connectivity index (χ0v) is 7.01. The summed E-state index contributed by atoms with van der Waals surface area (Å²) in [6.07, 6.45) is 0.646. The van der Waals surface area contributed by atoms with Crippen molar-refractivity contribution in [1.82, 2.24) is 4.90 Å². The molecule has 2 fully saturated rings. The van der Waals surface area contributed by atoms with Crippen LogP contribution in [0, 0.1) is 5.92 Å². The van der Waals surface area contributed by atoms with Gasteiger partial charge in [0.1, 0.15) is 0 Å². The SMILES string of the molecule is O=C1C(CCO)C2SCCN12. The normalized spacial score (nSPS) is 35.4. The third kappa shape index (κ3) is 0.964. The van der Waals surface area contributed by atoms with Gasteiger partial charge in [0.2, 0.25) is 5.91 Å². The van der Waals surface area contributed by atoms with Gasteiger partial charge in [-0.25, -0.2) is 0 Å². The number of carbonyl (C=O) groups is 1. The number of aliphatic hydroxyl groups is 1. The molecule has 0 aromatic carbocycles. The highest BCUT2D eigenvalue weighted by molar-refractivity contribution is 8.00. The van der Waals surface area contributed by atoms with Gasteiger partial charge in [0.05, 0.1) is 11.3 Å². The molecule has 0 saturated carbocycles. The summed E-state index contributed by atoms with van der Waals surface area (Å²) in [5.74, 6) is 1.43. The van der Waals surface area contributed by atoms with Gasteiger partial charge in [-0.1, -0.05) is 0 Å². The van der Waals surface area contributed by atoms with E-state index in [-0.39, 0.29) is 18.4 Å². The topological polar surface area (TPSA) is 40.5 Å². The van der Waals surface area contributed by atoms with E-state index in [1.165, 1.54) is 0 Å². The second-order valence-corrected chi connectivity index (χ2v) is 4.14. The lowest BCUT2D eigenvalue weighted by Gasteiger charge is -2.41.